The number of methoxy groups -OCH3 is 1. The molecule has 0 heterocycles. The van der Waals surface area contributed by atoms with Crippen LogP contribution in [0.4, 0.5) is 0 Å². The minimum Gasteiger partial charge on any atom is -0.497 e. The number of rotatable bonds is 8. The van der Waals surface area contributed by atoms with Crippen LogP contribution < -0.4 is 14.8 Å². The van der Waals surface area contributed by atoms with E-state index in [0.717, 1.165) is 0 Å². The van der Waals surface area contributed by atoms with Crippen LogP contribution in [0.15, 0.2) is 47.4 Å². The Morgan fingerprint density at radius 1 is 1.18 bits per heavy atom. The number of aliphatic hydroxyl groups excluding tert-OH is 1. The summed E-state index contributed by atoms with van der Waals surface area (Å²) in [5, 5.41) is 12.9. The topological polar surface area (TPSA) is 105 Å². The number of hydrogen-bond acceptors (Lipinski definition) is 5. The van der Waals surface area contributed by atoms with Crippen molar-refractivity contribution in [3.8, 4) is 5.75 Å². The maximum absolute atomic E-state index is 12.5. The molecule has 2 aromatic rings. The molecule has 0 saturated carbocycles. The van der Waals surface area contributed by atoms with Crippen molar-refractivity contribution in [3.05, 3.63) is 58.6 Å². The summed E-state index contributed by atoms with van der Waals surface area (Å²) in [4.78, 5) is 12.4. The van der Waals surface area contributed by atoms with Gasteiger partial charge in [-0.3, -0.25) is 4.79 Å². The number of hydrogen-bond donors (Lipinski definition) is 3. The van der Waals surface area contributed by atoms with Crippen molar-refractivity contribution < 1.29 is 23.1 Å². The first-order valence-corrected chi connectivity index (χ1v) is 10.4. The Morgan fingerprint density at radius 2 is 1.82 bits per heavy atom. The largest absolute Gasteiger partial charge is 0.497 e. The van der Waals surface area contributed by atoms with Crippen LogP contribution in [0.3, 0.4) is 0 Å². The smallest absolute Gasteiger partial charge is 0.252 e. The summed E-state index contributed by atoms with van der Waals surface area (Å²) in [6.45, 7) is 3.33. The number of aliphatic hydroxyl groups is 1. The highest BCUT2D eigenvalue weighted by atomic mass is 35.5. The molecule has 1 amide bonds. The van der Waals surface area contributed by atoms with Gasteiger partial charge >= 0.3 is 0 Å². The standard InChI is InChI=1S/C19H23ClN2O5S/c1-12(2)22-28(25,26)15-8-9-17(20)16(10-15)19(24)21-11-18(23)13-4-6-14(27-3)7-5-13/h4-10,12,18,22-23H,11H2,1-3H3,(H,21,24). The summed E-state index contributed by atoms with van der Waals surface area (Å²) in [5.74, 6) is 0.0685. The second kappa shape index (κ2) is 9.38. The van der Waals surface area contributed by atoms with E-state index >= 15 is 0 Å². The third-order valence-electron chi connectivity index (χ3n) is 3.84. The van der Waals surface area contributed by atoms with Gasteiger partial charge in [0.2, 0.25) is 10.0 Å². The highest BCUT2D eigenvalue weighted by molar-refractivity contribution is 7.89. The highest BCUT2D eigenvalue weighted by Crippen LogP contribution is 2.21. The molecule has 7 nitrogen and oxygen atoms in total. The van der Waals surface area contributed by atoms with Crippen molar-refractivity contribution >= 4 is 27.5 Å². The van der Waals surface area contributed by atoms with E-state index in [1.54, 1.807) is 45.2 Å². The Bertz CT molecular complexity index is 930. The van der Waals surface area contributed by atoms with E-state index in [0.29, 0.717) is 11.3 Å². The lowest BCUT2D eigenvalue weighted by molar-refractivity contribution is 0.0916. The molecule has 1 unspecified atom stereocenters. The summed E-state index contributed by atoms with van der Waals surface area (Å²) >= 11 is 6.06. The third kappa shape index (κ3) is 5.68. The quantitative estimate of drug-likeness (QED) is 0.601. The van der Waals surface area contributed by atoms with Crippen molar-refractivity contribution in [1.29, 1.82) is 0 Å². The number of sulfonamides is 1. The van der Waals surface area contributed by atoms with Gasteiger partial charge in [-0.15, -0.1) is 0 Å². The molecule has 3 N–H and O–H groups in total. The third-order valence-corrected chi connectivity index (χ3v) is 5.83. The van der Waals surface area contributed by atoms with Crippen LogP contribution in [-0.2, 0) is 10.0 Å². The van der Waals surface area contributed by atoms with E-state index in [4.69, 9.17) is 16.3 Å². The fraction of sp³-hybridized carbons (Fsp3) is 0.316. The Labute approximate surface area is 169 Å². The number of carbonyl (C=O) groups is 1. The predicted molar refractivity (Wildman–Crippen MR) is 107 cm³/mol. The zero-order valence-electron chi connectivity index (χ0n) is 15.8. The molecule has 1 atom stereocenters. The molecule has 0 fully saturated rings. The minimum atomic E-state index is -3.76. The first kappa shape index (κ1) is 22.2. The lowest BCUT2D eigenvalue weighted by atomic mass is 10.1. The Hall–Kier alpha value is -2.13. The van der Waals surface area contributed by atoms with Gasteiger partial charge in [-0.05, 0) is 49.7 Å². The normalized spacial score (nSPS) is 12.6. The average Bonchev–Trinajstić information content (AvgIpc) is 2.65. The van der Waals surface area contributed by atoms with Gasteiger partial charge in [-0.25, -0.2) is 13.1 Å². The SMILES string of the molecule is COc1ccc(C(O)CNC(=O)c2cc(S(=O)(=O)NC(C)C)ccc2Cl)cc1. The summed E-state index contributed by atoms with van der Waals surface area (Å²) in [6, 6.07) is 10.4. The maximum atomic E-state index is 12.5. The summed E-state index contributed by atoms with van der Waals surface area (Å²) < 4.78 is 32.1. The molecule has 28 heavy (non-hydrogen) atoms. The second-order valence-corrected chi connectivity index (χ2v) is 8.54. The van der Waals surface area contributed by atoms with Crippen LogP contribution >= 0.6 is 11.6 Å². The number of ether oxygens (including phenoxy) is 1. The van der Waals surface area contributed by atoms with Gasteiger partial charge in [-0.1, -0.05) is 23.7 Å². The minimum absolute atomic E-state index is 0.00947. The van der Waals surface area contributed by atoms with E-state index in [2.05, 4.69) is 10.0 Å². The van der Waals surface area contributed by atoms with Crippen LogP contribution in [0.2, 0.25) is 5.02 Å². The molecular formula is C19H23ClN2O5S. The average molecular weight is 427 g/mol. The van der Waals surface area contributed by atoms with Crippen molar-refractivity contribution in [3.63, 3.8) is 0 Å². The van der Waals surface area contributed by atoms with E-state index in [-0.39, 0.29) is 28.1 Å². The molecule has 0 bridgehead atoms. The molecule has 152 valence electrons. The van der Waals surface area contributed by atoms with E-state index in [1.165, 1.54) is 18.2 Å². The molecule has 0 aliphatic carbocycles. The molecule has 0 aliphatic heterocycles. The lowest BCUT2D eigenvalue weighted by Gasteiger charge is -2.14. The van der Waals surface area contributed by atoms with E-state index in [9.17, 15) is 18.3 Å². The Morgan fingerprint density at radius 3 is 2.39 bits per heavy atom. The van der Waals surface area contributed by atoms with Gasteiger partial charge in [-0.2, -0.15) is 0 Å². The van der Waals surface area contributed by atoms with Crippen LogP contribution in [0.25, 0.3) is 0 Å². The first-order chi connectivity index (χ1) is 13.1. The summed E-state index contributed by atoms with van der Waals surface area (Å²) in [6.07, 6.45) is -0.942. The van der Waals surface area contributed by atoms with Gasteiger partial charge in [0, 0.05) is 12.6 Å². The zero-order chi connectivity index (χ0) is 20.9. The van der Waals surface area contributed by atoms with Crippen molar-refractivity contribution in [1.82, 2.24) is 10.0 Å². The molecular weight excluding hydrogens is 404 g/mol. The molecule has 0 spiro atoms. The zero-order valence-corrected chi connectivity index (χ0v) is 17.3. The number of halogens is 1. The predicted octanol–water partition coefficient (Wildman–Crippen LogP) is 2.50. The fourth-order valence-corrected chi connectivity index (χ4v) is 3.93. The molecule has 2 rings (SSSR count). The van der Waals surface area contributed by atoms with E-state index < -0.39 is 22.0 Å². The van der Waals surface area contributed by atoms with Gasteiger partial charge in [0.25, 0.3) is 5.91 Å². The Balaban J connectivity index is 2.12. The lowest BCUT2D eigenvalue weighted by Crippen LogP contribution is -2.31. The molecule has 0 aliphatic rings. The second-order valence-electron chi connectivity index (χ2n) is 6.42. The molecule has 0 aromatic heterocycles. The van der Waals surface area contributed by atoms with Gasteiger partial charge in [0.15, 0.2) is 0 Å². The van der Waals surface area contributed by atoms with Gasteiger partial charge in [0.05, 0.1) is 28.7 Å². The van der Waals surface area contributed by atoms with Gasteiger partial charge in [0.1, 0.15) is 5.75 Å². The first-order valence-electron chi connectivity index (χ1n) is 8.56. The molecule has 0 saturated heterocycles. The number of carbonyl (C=O) groups excluding carboxylic acids is 1. The molecule has 0 radical (unpaired) electrons. The van der Waals surface area contributed by atoms with Gasteiger partial charge < -0.3 is 15.2 Å². The Kier molecular flexibility index (Phi) is 7.42. The molecule has 9 heteroatoms. The van der Waals surface area contributed by atoms with Crippen molar-refractivity contribution in [2.24, 2.45) is 0 Å². The van der Waals surface area contributed by atoms with Crippen LogP contribution in [0.5, 0.6) is 5.75 Å². The monoisotopic (exact) mass is 426 g/mol. The number of benzene rings is 2. The fourth-order valence-electron chi connectivity index (χ4n) is 2.45. The number of amides is 1. The van der Waals surface area contributed by atoms with Crippen molar-refractivity contribution in [2.45, 2.75) is 30.9 Å². The summed E-state index contributed by atoms with van der Waals surface area (Å²) in [5.41, 5.74) is 0.611. The van der Waals surface area contributed by atoms with Crippen LogP contribution in [-0.4, -0.2) is 39.1 Å². The maximum Gasteiger partial charge on any atom is 0.252 e. The van der Waals surface area contributed by atoms with Crippen LogP contribution in [0.1, 0.15) is 35.9 Å². The summed E-state index contributed by atoms with van der Waals surface area (Å²) in [7, 11) is -2.22. The van der Waals surface area contributed by atoms with Crippen molar-refractivity contribution in [2.75, 3.05) is 13.7 Å². The molecule has 2 aromatic carbocycles. The van der Waals surface area contributed by atoms with E-state index in [1.807, 2.05) is 0 Å². The van der Waals surface area contributed by atoms with Crippen LogP contribution in [0, 0.1) is 0 Å². The number of nitrogens with one attached hydrogen (secondary N) is 2. The highest BCUT2D eigenvalue weighted by Gasteiger charge is 2.20.